The van der Waals surface area contributed by atoms with Crippen molar-refractivity contribution in [2.24, 2.45) is 0 Å². The molecule has 0 radical (unpaired) electrons. The van der Waals surface area contributed by atoms with Crippen LogP contribution in [0.15, 0.2) is 34.9 Å². The highest BCUT2D eigenvalue weighted by Crippen LogP contribution is 2.33. The molecule has 1 aliphatic carbocycles. The van der Waals surface area contributed by atoms with Gasteiger partial charge in [0, 0.05) is 5.92 Å². The first-order valence-electron chi connectivity index (χ1n) is 5.49. The second kappa shape index (κ2) is 3.73. The standard InChI is InChI=1S/C13H11NO3/c15-13(16)11-7-17-12(14-11)10-5-8-3-1-2-4-9(8)6-10/h1-4,7,10H,5-6H2,(H,15,16). The zero-order valence-corrected chi connectivity index (χ0v) is 9.09. The van der Waals surface area contributed by atoms with E-state index in [0.717, 1.165) is 12.8 Å². The highest BCUT2D eigenvalue weighted by molar-refractivity contribution is 5.84. The lowest BCUT2D eigenvalue weighted by atomic mass is 10.1. The SMILES string of the molecule is O=C(O)c1coc(C2Cc3ccccc3C2)n1. The maximum absolute atomic E-state index is 10.7. The van der Waals surface area contributed by atoms with Gasteiger partial charge in [0.25, 0.3) is 0 Å². The van der Waals surface area contributed by atoms with Crippen LogP contribution in [0, 0.1) is 0 Å². The van der Waals surface area contributed by atoms with Gasteiger partial charge in [-0.05, 0) is 24.0 Å². The van der Waals surface area contributed by atoms with Crippen LogP contribution in [0.4, 0.5) is 0 Å². The molecule has 1 heterocycles. The normalized spacial score (nSPS) is 14.8. The quantitative estimate of drug-likeness (QED) is 0.857. The summed E-state index contributed by atoms with van der Waals surface area (Å²) in [6.45, 7) is 0. The molecule has 4 heteroatoms. The molecule has 86 valence electrons. The largest absolute Gasteiger partial charge is 0.476 e. The van der Waals surface area contributed by atoms with E-state index in [-0.39, 0.29) is 11.6 Å². The Bertz CT molecular complexity index is 549. The van der Waals surface area contributed by atoms with Gasteiger partial charge in [-0.3, -0.25) is 0 Å². The molecule has 0 bridgehead atoms. The minimum Gasteiger partial charge on any atom is -0.476 e. The third-order valence-corrected chi connectivity index (χ3v) is 3.14. The molecule has 0 saturated carbocycles. The monoisotopic (exact) mass is 229 g/mol. The third kappa shape index (κ3) is 1.71. The fourth-order valence-corrected chi connectivity index (χ4v) is 2.31. The summed E-state index contributed by atoms with van der Waals surface area (Å²) in [5, 5.41) is 8.79. The van der Waals surface area contributed by atoms with Crippen molar-refractivity contribution < 1.29 is 14.3 Å². The lowest BCUT2D eigenvalue weighted by Crippen LogP contribution is -2.01. The molecule has 2 aromatic rings. The summed E-state index contributed by atoms with van der Waals surface area (Å²) in [5.41, 5.74) is 2.58. The summed E-state index contributed by atoms with van der Waals surface area (Å²) >= 11 is 0. The number of aromatic nitrogens is 1. The van der Waals surface area contributed by atoms with Crippen LogP contribution in [0.25, 0.3) is 0 Å². The van der Waals surface area contributed by atoms with Gasteiger partial charge in [-0.15, -0.1) is 0 Å². The maximum atomic E-state index is 10.7. The molecule has 17 heavy (non-hydrogen) atoms. The van der Waals surface area contributed by atoms with Crippen LogP contribution >= 0.6 is 0 Å². The molecule has 3 rings (SSSR count). The van der Waals surface area contributed by atoms with Gasteiger partial charge in [0.05, 0.1) is 0 Å². The van der Waals surface area contributed by atoms with Crippen LogP contribution in [0.1, 0.15) is 33.4 Å². The number of hydrogen-bond acceptors (Lipinski definition) is 3. The highest BCUT2D eigenvalue weighted by Gasteiger charge is 2.27. The van der Waals surface area contributed by atoms with E-state index in [0.29, 0.717) is 5.89 Å². The molecular formula is C13H11NO3. The molecule has 0 amide bonds. The Morgan fingerprint density at radius 2 is 1.94 bits per heavy atom. The zero-order valence-electron chi connectivity index (χ0n) is 9.09. The number of nitrogens with zero attached hydrogens (tertiary/aromatic N) is 1. The predicted molar refractivity (Wildman–Crippen MR) is 60.1 cm³/mol. The third-order valence-electron chi connectivity index (χ3n) is 3.14. The van der Waals surface area contributed by atoms with Crippen LogP contribution in [-0.4, -0.2) is 16.1 Å². The van der Waals surface area contributed by atoms with E-state index in [1.807, 2.05) is 12.1 Å². The Morgan fingerprint density at radius 1 is 1.29 bits per heavy atom. The maximum Gasteiger partial charge on any atom is 0.357 e. The van der Waals surface area contributed by atoms with E-state index >= 15 is 0 Å². The lowest BCUT2D eigenvalue weighted by Gasteiger charge is -2.01. The Hall–Kier alpha value is -2.10. The van der Waals surface area contributed by atoms with E-state index in [4.69, 9.17) is 9.52 Å². The van der Waals surface area contributed by atoms with E-state index < -0.39 is 5.97 Å². The summed E-state index contributed by atoms with van der Waals surface area (Å²) in [6.07, 6.45) is 2.95. The molecule has 0 saturated heterocycles. The summed E-state index contributed by atoms with van der Waals surface area (Å²) in [4.78, 5) is 14.7. The minimum atomic E-state index is -1.05. The van der Waals surface area contributed by atoms with Gasteiger partial charge in [0.1, 0.15) is 6.26 Å². The van der Waals surface area contributed by atoms with E-state index in [1.54, 1.807) is 0 Å². The molecule has 0 aliphatic heterocycles. The Kier molecular flexibility index (Phi) is 2.21. The van der Waals surface area contributed by atoms with Crippen LogP contribution in [0.2, 0.25) is 0 Å². The average Bonchev–Trinajstić information content (AvgIpc) is 2.95. The topological polar surface area (TPSA) is 63.3 Å². The molecule has 0 atom stereocenters. The first-order chi connectivity index (χ1) is 8.24. The van der Waals surface area contributed by atoms with E-state index in [2.05, 4.69) is 17.1 Å². The molecule has 1 aromatic heterocycles. The first kappa shape index (κ1) is 10.1. The van der Waals surface area contributed by atoms with E-state index in [9.17, 15) is 4.79 Å². The van der Waals surface area contributed by atoms with Gasteiger partial charge in [-0.1, -0.05) is 24.3 Å². The van der Waals surface area contributed by atoms with Crippen molar-refractivity contribution in [3.8, 4) is 0 Å². The van der Waals surface area contributed by atoms with Gasteiger partial charge >= 0.3 is 5.97 Å². The van der Waals surface area contributed by atoms with Gasteiger partial charge in [0.2, 0.25) is 0 Å². The molecule has 1 N–H and O–H groups in total. The second-order valence-corrected chi connectivity index (χ2v) is 4.25. The minimum absolute atomic E-state index is 0.0176. The highest BCUT2D eigenvalue weighted by atomic mass is 16.4. The molecule has 0 fully saturated rings. The average molecular weight is 229 g/mol. The van der Waals surface area contributed by atoms with Gasteiger partial charge in [-0.25, -0.2) is 9.78 Å². The molecule has 1 aromatic carbocycles. The summed E-state index contributed by atoms with van der Waals surface area (Å²) in [7, 11) is 0. The van der Waals surface area contributed by atoms with Crippen molar-refractivity contribution in [1.29, 1.82) is 0 Å². The number of carboxylic acid groups (broad SMARTS) is 1. The van der Waals surface area contributed by atoms with Crippen LogP contribution in [-0.2, 0) is 12.8 Å². The zero-order chi connectivity index (χ0) is 11.8. The number of fused-ring (bicyclic) bond motifs is 1. The Labute approximate surface area is 97.9 Å². The smallest absolute Gasteiger partial charge is 0.357 e. The first-order valence-corrected chi connectivity index (χ1v) is 5.49. The molecule has 1 aliphatic rings. The summed E-state index contributed by atoms with van der Waals surface area (Å²) < 4.78 is 5.25. The number of oxazole rings is 1. The van der Waals surface area contributed by atoms with E-state index in [1.165, 1.54) is 17.4 Å². The number of carbonyl (C=O) groups is 1. The van der Waals surface area contributed by atoms with Gasteiger partial charge < -0.3 is 9.52 Å². The number of benzene rings is 1. The summed E-state index contributed by atoms with van der Waals surface area (Å²) in [5.74, 6) is -0.352. The fourth-order valence-electron chi connectivity index (χ4n) is 2.31. The number of hydrogen-bond donors (Lipinski definition) is 1. The Morgan fingerprint density at radius 3 is 2.47 bits per heavy atom. The van der Waals surface area contributed by atoms with Crippen molar-refractivity contribution in [3.05, 3.63) is 53.2 Å². The van der Waals surface area contributed by atoms with Crippen molar-refractivity contribution in [2.75, 3.05) is 0 Å². The molecule has 0 unspecified atom stereocenters. The summed E-state index contributed by atoms with van der Waals surface area (Å²) in [6, 6.07) is 8.21. The molecular weight excluding hydrogens is 218 g/mol. The number of carboxylic acids is 1. The van der Waals surface area contributed by atoms with Crippen LogP contribution < -0.4 is 0 Å². The van der Waals surface area contributed by atoms with Crippen molar-refractivity contribution in [1.82, 2.24) is 4.98 Å². The molecule has 4 nitrogen and oxygen atoms in total. The van der Waals surface area contributed by atoms with Gasteiger partial charge in [0.15, 0.2) is 11.6 Å². The second-order valence-electron chi connectivity index (χ2n) is 4.25. The van der Waals surface area contributed by atoms with Crippen LogP contribution in [0.5, 0.6) is 0 Å². The van der Waals surface area contributed by atoms with Gasteiger partial charge in [-0.2, -0.15) is 0 Å². The predicted octanol–water partition coefficient (Wildman–Crippen LogP) is 2.26. The fraction of sp³-hybridized carbons (Fsp3) is 0.231. The van der Waals surface area contributed by atoms with Crippen LogP contribution in [0.3, 0.4) is 0 Å². The molecule has 0 spiro atoms. The Balaban J connectivity index is 1.86. The van der Waals surface area contributed by atoms with Crippen molar-refractivity contribution in [3.63, 3.8) is 0 Å². The number of rotatable bonds is 2. The van der Waals surface area contributed by atoms with Crippen molar-refractivity contribution in [2.45, 2.75) is 18.8 Å². The van der Waals surface area contributed by atoms with Crippen molar-refractivity contribution >= 4 is 5.97 Å². The lowest BCUT2D eigenvalue weighted by molar-refractivity contribution is 0.0690. The number of aromatic carboxylic acids is 1.